The maximum Gasteiger partial charge on any atom is 0.253 e. The molecule has 0 unspecified atom stereocenters. The summed E-state index contributed by atoms with van der Waals surface area (Å²) in [6.45, 7) is 0. The fourth-order valence-corrected chi connectivity index (χ4v) is 2.33. The third kappa shape index (κ3) is 3.16. The van der Waals surface area contributed by atoms with Crippen molar-refractivity contribution in [1.29, 1.82) is 0 Å². The molecule has 2 aromatic heterocycles. The minimum atomic E-state index is -0.545. The second kappa shape index (κ2) is 6.39. The molecule has 0 saturated carbocycles. The molecule has 0 N–H and O–H groups in total. The van der Waals surface area contributed by atoms with Gasteiger partial charge in [0.05, 0.1) is 16.9 Å². The highest BCUT2D eigenvalue weighted by Crippen LogP contribution is 2.27. The summed E-state index contributed by atoms with van der Waals surface area (Å²) in [5.74, 6) is 0. The number of pyridine rings is 2. The molecule has 0 aliphatic carbocycles. The molecule has 21 heavy (non-hydrogen) atoms. The van der Waals surface area contributed by atoms with Gasteiger partial charge in [0.2, 0.25) is 0 Å². The van der Waals surface area contributed by atoms with Crippen LogP contribution in [0.2, 0.25) is 5.02 Å². The van der Waals surface area contributed by atoms with E-state index in [-0.39, 0.29) is 12.4 Å². The van der Waals surface area contributed by atoms with Gasteiger partial charge in [0.15, 0.2) is 0 Å². The molecule has 0 amide bonds. The predicted octanol–water partition coefficient (Wildman–Crippen LogP) is 4.75. The number of carbonyl (C=O) groups is 1. The fraction of sp³-hybridized carbons (Fsp3) is 0. The van der Waals surface area contributed by atoms with E-state index < -0.39 is 5.24 Å². The molecular weight excluding hydrogens is 331 g/mol. The number of aromatic nitrogens is 2. The summed E-state index contributed by atoms with van der Waals surface area (Å²) in [6.07, 6.45) is 1.67. The van der Waals surface area contributed by atoms with Gasteiger partial charge in [-0.3, -0.25) is 9.78 Å². The molecule has 6 heteroatoms. The van der Waals surface area contributed by atoms with Crippen molar-refractivity contribution < 1.29 is 4.79 Å². The van der Waals surface area contributed by atoms with E-state index in [1.165, 1.54) is 0 Å². The Morgan fingerprint density at radius 1 is 1.05 bits per heavy atom. The van der Waals surface area contributed by atoms with Crippen LogP contribution in [-0.4, -0.2) is 15.2 Å². The Balaban J connectivity index is 0.00000161. The smallest absolute Gasteiger partial charge is 0.253 e. The number of hydrogen-bond acceptors (Lipinski definition) is 3. The molecule has 0 fully saturated rings. The Hall–Kier alpha value is -1.68. The molecule has 0 aliphatic rings. The molecule has 0 spiro atoms. The zero-order valence-corrected chi connectivity index (χ0v) is 12.9. The molecule has 0 radical (unpaired) electrons. The highest BCUT2D eigenvalue weighted by atomic mass is 35.5. The maximum atomic E-state index is 11.6. The highest BCUT2D eigenvalue weighted by molar-refractivity contribution is 6.68. The van der Waals surface area contributed by atoms with E-state index >= 15 is 0 Å². The van der Waals surface area contributed by atoms with Crippen LogP contribution in [0.4, 0.5) is 0 Å². The van der Waals surface area contributed by atoms with Crippen LogP contribution in [0.15, 0.2) is 48.7 Å². The molecular formula is C15H9Cl3N2O. The summed E-state index contributed by atoms with van der Waals surface area (Å²) >= 11 is 11.6. The Bertz CT molecular complexity index is 807. The van der Waals surface area contributed by atoms with Gasteiger partial charge in [-0.2, -0.15) is 0 Å². The number of rotatable bonds is 2. The molecule has 2 heterocycles. The Kier molecular flexibility index (Phi) is 4.78. The lowest BCUT2D eigenvalue weighted by Crippen LogP contribution is -1.96. The van der Waals surface area contributed by atoms with Gasteiger partial charge in [-0.15, -0.1) is 12.4 Å². The van der Waals surface area contributed by atoms with Crippen LogP contribution in [0.5, 0.6) is 0 Å². The quantitative estimate of drug-likeness (QED) is 0.633. The van der Waals surface area contributed by atoms with Crippen LogP contribution >= 0.6 is 35.6 Å². The van der Waals surface area contributed by atoms with Crippen molar-refractivity contribution in [2.75, 3.05) is 0 Å². The number of fused-ring (bicyclic) bond motifs is 1. The lowest BCUT2D eigenvalue weighted by molar-refractivity contribution is 0.108. The first kappa shape index (κ1) is 15.7. The van der Waals surface area contributed by atoms with Crippen LogP contribution in [-0.2, 0) is 0 Å². The van der Waals surface area contributed by atoms with Crippen molar-refractivity contribution in [2.24, 2.45) is 0 Å². The van der Waals surface area contributed by atoms with Crippen molar-refractivity contribution in [2.45, 2.75) is 0 Å². The first-order chi connectivity index (χ1) is 9.65. The van der Waals surface area contributed by atoms with Crippen molar-refractivity contribution in [1.82, 2.24) is 9.97 Å². The Morgan fingerprint density at radius 2 is 1.86 bits per heavy atom. The molecule has 0 atom stereocenters. The van der Waals surface area contributed by atoms with Crippen molar-refractivity contribution in [3.05, 3.63) is 59.2 Å². The molecule has 3 aromatic rings. The summed E-state index contributed by atoms with van der Waals surface area (Å²) in [5.41, 5.74) is 2.31. The summed E-state index contributed by atoms with van der Waals surface area (Å²) in [4.78, 5) is 20.4. The minimum Gasteiger partial charge on any atom is -0.276 e. The molecule has 3 nitrogen and oxygen atoms in total. The monoisotopic (exact) mass is 338 g/mol. The van der Waals surface area contributed by atoms with E-state index in [4.69, 9.17) is 23.2 Å². The van der Waals surface area contributed by atoms with Crippen molar-refractivity contribution in [3.8, 4) is 11.4 Å². The van der Waals surface area contributed by atoms with Gasteiger partial charge >= 0.3 is 0 Å². The van der Waals surface area contributed by atoms with Gasteiger partial charge in [-0.05, 0) is 48.0 Å². The average molecular weight is 340 g/mol. The van der Waals surface area contributed by atoms with Crippen LogP contribution in [0.25, 0.3) is 22.3 Å². The standard InChI is InChI=1S/C15H8Cl2N2O.ClH/c16-9-4-5-12-10(7-9)11(15(17)20)8-14(19-12)13-3-1-2-6-18-13;/h1-8H;1H. The van der Waals surface area contributed by atoms with Gasteiger partial charge in [0.25, 0.3) is 5.24 Å². The molecule has 0 bridgehead atoms. The predicted molar refractivity (Wildman–Crippen MR) is 87.4 cm³/mol. The van der Waals surface area contributed by atoms with E-state index in [1.54, 1.807) is 30.5 Å². The van der Waals surface area contributed by atoms with E-state index in [0.717, 1.165) is 0 Å². The zero-order chi connectivity index (χ0) is 14.1. The number of halogens is 3. The molecule has 1 aromatic carbocycles. The summed E-state index contributed by atoms with van der Waals surface area (Å²) in [6, 6.07) is 12.3. The largest absolute Gasteiger partial charge is 0.276 e. The van der Waals surface area contributed by atoms with Crippen LogP contribution in [0.1, 0.15) is 10.4 Å². The number of benzene rings is 1. The van der Waals surface area contributed by atoms with Gasteiger partial charge in [-0.25, -0.2) is 4.98 Å². The number of nitrogens with zero attached hydrogens (tertiary/aromatic N) is 2. The number of carbonyl (C=O) groups excluding carboxylic acids is 1. The molecule has 3 rings (SSSR count). The fourth-order valence-electron chi connectivity index (χ4n) is 2.01. The van der Waals surface area contributed by atoms with Gasteiger partial charge in [-0.1, -0.05) is 17.7 Å². The van der Waals surface area contributed by atoms with Crippen molar-refractivity contribution in [3.63, 3.8) is 0 Å². The lowest BCUT2D eigenvalue weighted by atomic mass is 10.1. The third-order valence-corrected chi connectivity index (χ3v) is 3.35. The lowest BCUT2D eigenvalue weighted by Gasteiger charge is -2.07. The second-order valence-electron chi connectivity index (χ2n) is 4.21. The summed E-state index contributed by atoms with van der Waals surface area (Å²) in [7, 11) is 0. The second-order valence-corrected chi connectivity index (χ2v) is 4.98. The average Bonchev–Trinajstić information content (AvgIpc) is 2.47. The van der Waals surface area contributed by atoms with Gasteiger partial charge < -0.3 is 0 Å². The first-order valence-electron chi connectivity index (χ1n) is 5.87. The van der Waals surface area contributed by atoms with Gasteiger partial charge in [0.1, 0.15) is 0 Å². The molecule has 0 saturated heterocycles. The summed E-state index contributed by atoms with van der Waals surface area (Å²) in [5, 5.41) is 0.623. The van der Waals surface area contributed by atoms with E-state index in [1.807, 2.05) is 18.2 Å². The topological polar surface area (TPSA) is 42.9 Å². The first-order valence-corrected chi connectivity index (χ1v) is 6.62. The third-order valence-electron chi connectivity index (χ3n) is 2.91. The van der Waals surface area contributed by atoms with Crippen LogP contribution < -0.4 is 0 Å². The van der Waals surface area contributed by atoms with Crippen LogP contribution in [0, 0.1) is 0 Å². The van der Waals surface area contributed by atoms with E-state index in [2.05, 4.69) is 9.97 Å². The minimum absolute atomic E-state index is 0. The SMILES string of the molecule is Cl.O=C(Cl)c1cc(-c2ccccn2)nc2ccc(Cl)cc12. The molecule has 106 valence electrons. The van der Waals surface area contributed by atoms with E-state index in [0.29, 0.717) is 32.9 Å². The number of hydrogen-bond donors (Lipinski definition) is 0. The Labute approximate surface area is 137 Å². The van der Waals surface area contributed by atoms with Gasteiger partial charge in [0, 0.05) is 22.2 Å². The zero-order valence-electron chi connectivity index (χ0n) is 10.6. The normalized spacial score (nSPS) is 10.2. The molecule has 0 aliphatic heterocycles. The maximum absolute atomic E-state index is 11.6. The summed E-state index contributed by atoms with van der Waals surface area (Å²) < 4.78 is 0. The Morgan fingerprint density at radius 3 is 2.52 bits per heavy atom. The van der Waals surface area contributed by atoms with E-state index in [9.17, 15) is 4.79 Å². The highest BCUT2D eigenvalue weighted by Gasteiger charge is 2.13. The van der Waals surface area contributed by atoms with Crippen LogP contribution in [0.3, 0.4) is 0 Å². The van der Waals surface area contributed by atoms with Crippen molar-refractivity contribution >= 4 is 51.8 Å².